The summed E-state index contributed by atoms with van der Waals surface area (Å²) in [6.45, 7) is 4.41. The van der Waals surface area contributed by atoms with Crippen LogP contribution in [-0.4, -0.2) is 9.55 Å². The fourth-order valence-corrected chi connectivity index (χ4v) is 2.01. The molecule has 0 saturated carbocycles. The van der Waals surface area contributed by atoms with E-state index in [9.17, 15) is 0 Å². The highest BCUT2D eigenvalue weighted by Gasteiger charge is 2.10. The van der Waals surface area contributed by atoms with Gasteiger partial charge in [-0.25, -0.2) is 4.98 Å². The van der Waals surface area contributed by atoms with Gasteiger partial charge in [0.25, 0.3) is 0 Å². The van der Waals surface area contributed by atoms with Gasteiger partial charge in [0.1, 0.15) is 5.82 Å². The SMILES string of the molecule is CCCc1nccn1C(C)c1ccccc1. The Bertz CT molecular complexity index is 431. The lowest BCUT2D eigenvalue weighted by Crippen LogP contribution is -2.09. The minimum atomic E-state index is 0.366. The average Bonchev–Trinajstić information content (AvgIpc) is 2.78. The maximum absolute atomic E-state index is 4.42. The van der Waals surface area contributed by atoms with Crippen LogP contribution >= 0.6 is 0 Å². The van der Waals surface area contributed by atoms with E-state index >= 15 is 0 Å². The van der Waals surface area contributed by atoms with E-state index < -0.39 is 0 Å². The lowest BCUT2D eigenvalue weighted by Gasteiger charge is -2.16. The number of rotatable bonds is 4. The van der Waals surface area contributed by atoms with Crippen molar-refractivity contribution in [1.82, 2.24) is 9.55 Å². The molecule has 2 aromatic rings. The maximum atomic E-state index is 4.42. The smallest absolute Gasteiger partial charge is 0.109 e. The van der Waals surface area contributed by atoms with E-state index in [4.69, 9.17) is 0 Å². The molecule has 0 aliphatic rings. The molecular formula is C14H18N2. The van der Waals surface area contributed by atoms with Crippen molar-refractivity contribution in [3.05, 3.63) is 54.1 Å². The monoisotopic (exact) mass is 214 g/mol. The van der Waals surface area contributed by atoms with Gasteiger partial charge in [-0.05, 0) is 18.9 Å². The molecule has 0 fully saturated rings. The van der Waals surface area contributed by atoms with Crippen molar-refractivity contribution in [3.63, 3.8) is 0 Å². The lowest BCUT2D eigenvalue weighted by atomic mass is 10.1. The van der Waals surface area contributed by atoms with E-state index in [1.54, 1.807) is 0 Å². The third kappa shape index (κ3) is 2.16. The van der Waals surface area contributed by atoms with Crippen LogP contribution in [0.3, 0.4) is 0 Å². The number of aromatic nitrogens is 2. The third-order valence-corrected chi connectivity index (χ3v) is 2.92. The first-order chi connectivity index (χ1) is 7.83. The molecule has 0 aliphatic heterocycles. The molecule has 0 saturated heterocycles. The molecule has 2 nitrogen and oxygen atoms in total. The number of benzene rings is 1. The maximum Gasteiger partial charge on any atom is 0.109 e. The zero-order valence-corrected chi connectivity index (χ0v) is 9.93. The molecule has 0 radical (unpaired) electrons. The van der Waals surface area contributed by atoms with Crippen molar-refractivity contribution in [2.24, 2.45) is 0 Å². The van der Waals surface area contributed by atoms with Gasteiger partial charge in [0, 0.05) is 18.8 Å². The molecule has 84 valence electrons. The van der Waals surface area contributed by atoms with E-state index in [1.807, 2.05) is 6.20 Å². The van der Waals surface area contributed by atoms with Crippen LogP contribution in [-0.2, 0) is 6.42 Å². The van der Waals surface area contributed by atoms with Gasteiger partial charge in [-0.1, -0.05) is 37.3 Å². The molecule has 1 aromatic carbocycles. The number of hydrogen-bond acceptors (Lipinski definition) is 1. The van der Waals surface area contributed by atoms with E-state index in [1.165, 1.54) is 11.4 Å². The Morgan fingerprint density at radius 1 is 1.25 bits per heavy atom. The zero-order chi connectivity index (χ0) is 11.4. The van der Waals surface area contributed by atoms with Crippen LogP contribution in [0.2, 0.25) is 0 Å². The van der Waals surface area contributed by atoms with Crippen LogP contribution < -0.4 is 0 Å². The molecule has 0 N–H and O–H groups in total. The van der Waals surface area contributed by atoms with Gasteiger partial charge in [0.2, 0.25) is 0 Å². The predicted molar refractivity (Wildman–Crippen MR) is 66.5 cm³/mol. The van der Waals surface area contributed by atoms with E-state index in [-0.39, 0.29) is 0 Å². The summed E-state index contributed by atoms with van der Waals surface area (Å²) < 4.78 is 2.26. The molecule has 0 bridgehead atoms. The molecule has 0 amide bonds. The Balaban J connectivity index is 2.27. The minimum Gasteiger partial charge on any atom is -0.328 e. The van der Waals surface area contributed by atoms with Crippen LogP contribution in [0, 0.1) is 0 Å². The number of hydrogen-bond donors (Lipinski definition) is 0. The molecule has 16 heavy (non-hydrogen) atoms. The molecule has 0 spiro atoms. The van der Waals surface area contributed by atoms with Crippen LogP contribution in [0.25, 0.3) is 0 Å². The minimum absolute atomic E-state index is 0.366. The van der Waals surface area contributed by atoms with Crippen molar-refractivity contribution in [1.29, 1.82) is 0 Å². The fourth-order valence-electron chi connectivity index (χ4n) is 2.01. The standard InChI is InChI=1S/C14H18N2/c1-3-7-14-15-10-11-16(14)12(2)13-8-5-4-6-9-13/h4-6,8-12H,3,7H2,1-2H3. The van der Waals surface area contributed by atoms with E-state index in [0.29, 0.717) is 6.04 Å². The summed E-state index contributed by atoms with van der Waals surface area (Å²) in [6, 6.07) is 10.9. The second-order valence-corrected chi connectivity index (χ2v) is 4.09. The quantitative estimate of drug-likeness (QED) is 0.762. The zero-order valence-electron chi connectivity index (χ0n) is 9.93. The highest BCUT2D eigenvalue weighted by Crippen LogP contribution is 2.19. The van der Waals surface area contributed by atoms with Gasteiger partial charge in [-0.15, -0.1) is 0 Å². The summed E-state index contributed by atoms with van der Waals surface area (Å²) in [5.41, 5.74) is 1.33. The molecular weight excluding hydrogens is 196 g/mol. The summed E-state index contributed by atoms with van der Waals surface area (Å²) in [4.78, 5) is 4.42. The highest BCUT2D eigenvalue weighted by molar-refractivity contribution is 5.20. The normalized spacial score (nSPS) is 12.6. The number of aryl methyl sites for hydroxylation is 1. The lowest BCUT2D eigenvalue weighted by molar-refractivity contribution is 0.596. The molecule has 1 atom stereocenters. The highest BCUT2D eigenvalue weighted by atomic mass is 15.1. The third-order valence-electron chi connectivity index (χ3n) is 2.92. The van der Waals surface area contributed by atoms with Gasteiger partial charge in [0.05, 0.1) is 6.04 Å². The van der Waals surface area contributed by atoms with Crippen molar-refractivity contribution in [2.45, 2.75) is 32.7 Å². The second-order valence-electron chi connectivity index (χ2n) is 4.09. The first kappa shape index (κ1) is 10.9. The van der Waals surface area contributed by atoms with Crippen molar-refractivity contribution in [2.75, 3.05) is 0 Å². The first-order valence-electron chi connectivity index (χ1n) is 5.89. The summed E-state index contributed by atoms with van der Waals surface area (Å²) in [5, 5.41) is 0. The Morgan fingerprint density at radius 3 is 2.69 bits per heavy atom. The largest absolute Gasteiger partial charge is 0.328 e. The molecule has 2 heteroatoms. The van der Waals surface area contributed by atoms with Crippen molar-refractivity contribution >= 4 is 0 Å². The Hall–Kier alpha value is -1.57. The second kappa shape index (κ2) is 4.97. The average molecular weight is 214 g/mol. The topological polar surface area (TPSA) is 17.8 Å². The molecule has 2 rings (SSSR count). The van der Waals surface area contributed by atoms with Crippen LogP contribution in [0.5, 0.6) is 0 Å². The van der Waals surface area contributed by atoms with E-state index in [0.717, 1.165) is 12.8 Å². The van der Waals surface area contributed by atoms with Gasteiger partial charge < -0.3 is 4.57 Å². The summed E-state index contributed by atoms with van der Waals surface area (Å²) in [5.74, 6) is 1.18. The van der Waals surface area contributed by atoms with Gasteiger partial charge in [0.15, 0.2) is 0 Å². The molecule has 0 aliphatic carbocycles. The number of imidazole rings is 1. The molecule has 1 unspecified atom stereocenters. The van der Waals surface area contributed by atoms with Crippen LogP contribution in [0.4, 0.5) is 0 Å². The van der Waals surface area contributed by atoms with E-state index in [2.05, 4.69) is 59.9 Å². The Morgan fingerprint density at radius 2 is 2.00 bits per heavy atom. The summed E-state index contributed by atoms with van der Waals surface area (Å²) in [7, 11) is 0. The molecule has 1 aromatic heterocycles. The number of nitrogens with zero attached hydrogens (tertiary/aromatic N) is 2. The summed E-state index contributed by atoms with van der Waals surface area (Å²) >= 11 is 0. The van der Waals surface area contributed by atoms with Crippen molar-refractivity contribution < 1.29 is 0 Å². The van der Waals surface area contributed by atoms with Gasteiger partial charge in [-0.3, -0.25) is 0 Å². The van der Waals surface area contributed by atoms with Crippen LogP contribution in [0.15, 0.2) is 42.7 Å². The molecule has 1 heterocycles. The van der Waals surface area contributed by atoms with Crippen molar-refractivity contribution in [3.8, 4) is 0 Å². The Kier molecular flexibility index (Phi) is 3.40. The van der Waals surface area contributed by atoms with Gasteiger partial charge in [-0.2, -0.15) is 0 Å². The predicted octanol–water partition coefficient (Wildman–Crippen LogP) is 3.44. The van der Waals surface area contributed by atoms with Crippen LogP contribution in [0.1, 0.15) is 37.7 Å². The Labute approximate surface area is 97.0 Å². The summed E-state index contributed by atoms with van der Waals surface area (Å²) in [6.07, 6.45) is 6.15. The fraction of sp³-hybridized carbons (Fsp3) is 0.357. The first-order valence-corrected chi connectivity index (χ1v) is 5.89. The van der Waals surface area contributed by atoms with Gasteiger partial charge >= 0.3 is 0 Å².